The van der Waals surface area contributed by atoms with E-state index in [0.29, 0.717) is 12.1 Å². The molecule has 2 nitrogen and oxygen atoms in total. The van der Waals surface area contributed by atoms with Gasteiger partial charge in [-0.2, -0.15) is 0 Å². The molecule has 2 heteroatoms. The molecular weight excluding hydrogens is 196 g/mol. The number of hydrogen-bond acceptors (Lipinski definition) is 2. The second kappa shape index (κ2) is 10.1. The Labute approximate surface area is 103 Å². The highest BCUT2D eigenvalue weighted by molar-refractivity contribution is 4.72. The third kappa shape index (κ3) is 7.24. The normalized spacial score (nSPS) is 13.7. The number of rotatable bonds is 10. The van der Waals surface area contributed by atoms with Crippen LogP contribution in [0.1, 0.15) is 59.8 Å². The van der Waals surface area contributed by atoms with Crippen molar-refractivity contribution in [2.45, 2.75) is 71.9 Å². The molecule has 0 aliphatic heterocycles. The molecule has 0 aliphatic rings. The summed E-state index contributed by atoms with van der Waals surface area (Å²) in [5.74, 6) is 0. The van der Waals surface area contributed by atoms with Crippen molar-refractivity contribution >= 4 is 0 Å². The summed E-state index contributed by atoms with van der Waals surface area (Å²) < 4.78 is 0. The first-order chi connectivity index (χ1) is 7.65. The molecule has 1 N–H and O–H groups in total. The van der Waals surface area contributed by atoms with Crippen molar-refractivity contribution in [1.29, 1.82) is 0 Å². The fraction of sp³-hybridized carbons (Fsp3) is 1.00. The summed E-state index contributed by atoms with van der Waals surface area (Å²) in [6, 6.07) is 1.33. The van der Waals surface area contributed by atoms with Gasteiger partial charge >= 0.3 is 0 Å². The second-order valence-electron chi connectivity index (χ2n) is 5.07. The Morgan fingerprint density at radius 2 is 1.75 bits per heavy atom. The molecule has 0 amide bonds. The molecule has 0 saturated carbocycles. The van der Waals surface area contributed by atoms with Crippen molar-refractivity contribution in [3.8, 4) is 0 Å². The standard InChI is InChI=1S/C14H32N2/c1-6-8-9-11-16(13(3)4)12-14(15-5)10-7-2/h13-15H,6-12H2,1-5H3. The maximum absolute atomic E-state index is 3.44. The van der Waals surface area contributed by atoms with E-state index < -0.39 is 0 Å². The SMILES string of the molecule is CCCCCN(CC(CCC)NC)C(C)C. The molecule has 0 aromatic carbocycles. The molecule has 0 heterocycles. The van der Waals surface area contributed by atoms with Crippen LogP contribution >= 0.6 is 0 Å². The van der Waals surface area contributed by atoms with Gasteiger partial charge in [0.2, 0.25) is 0 Å². The summed E-state index contributed by atoms with van der Waals surface area (Å²) in [6.07, 6.45) is 6.58. The van der Waals surface area contributed by atoms with Crippen molar-refractivity contribution in [2.75, 3.05) is 20.1 Å². The van der Waals surface area contributed by atoms with Crippen LogP contribution in [-0.4, -0.2) is 37.1 Å². The molecule has 0 aromatic rings. The topological polar surface area (TPSA) is 15.3 Å². The summed E-state index contributed by atoms with van der Waals surface area (Å²) in [4.78, 5) is 2.62. The van der Waals surface area contributed by atoms with E-state index in [1.807, 2.05) is 0 Å². The average molecular weight is 228 g/mol. The summed E-state index contributed by atoms with van der Waals surface area (Å²) in [7, 11) is 2.09. The van der Waals surface area contributed by atoms with Gasteiger partial charge in [-0.1, -0.05) is 33.1 Å². The Morgan fingerprint density at radius 1 is 1.06 bits per heavy atom. The lowest BCUT2D eigenvalue weighted by Gasteiger charge is -2.30. The van der Waals surface area contributed by atoms with Gasteiger partial charge in [0.15, 0.2) is 0 Å². The van der Waals surface area contributed by atoms with E-state index in [-0.39, 0.29) is 0 Å². The molecule has 16 heavy (non-hydrogen) atoms. The Bertz CT molecular complexity index is 146. The second-order valence-corrected chi connectivity index (χ2v) is 5.07. The minimum absolute atomic E-state index is 0.661. The van der Waals surface area contributed by atoms with E-state index in [4.69, 9.17) is 0 Å². The molecule has 0 radical (unpaired) electrons. The molecule has 0 bridgehead atoms. The Balaban J connectivity index is 3.98. The van der Waals surface area contributed by atoms with Crippen LogP contribution in [0, 0.1) is 0 Å². The van der Waals surface area contributed by atoms with Crippen LogP contribution in [0.4, 0.5) is 0 Å². The third-order valence-corrected chi connectivity index (χ3v) is 3.28. The van der Waals surface area contributed by atoms with Crippen LogP contribution in [0.5, 0.6) is 0 Å². The lowest BCUT2D eigenvalue weighted by molar-refractivity contribution is 0.192. The van der Waals surface area contributed by atoms with Gasteiger partial charge in [0.05, 0.1) is 0 Å². The minimum Gasteiger partial charge on any atom is -0.316 e. The van der Waals surface area contributed by atoms with Gasteiger partial charge in [-0.25, -0.2) is 0 Å². The monoisotopic (exact) mass is 228 g/mol. The number of hydrogen-bond donors (Lipinski definition) is 1. The van der Waals surface area contributed by atoms with Gasteiger partial charge in [0, 0.05) is 18.6 Å². The van der Waals surface area contributed by atoms with Gasteiger partial charge in [-0.05, 0) is 40.3 Å². The van der Waals surface area contributed by atoms with Gasteiger partial charge in [-0.15, -0.1) is 0 Å². The van der Waals surface area contributed by atoms with Gasteiger partial charge < -0.3 is 5.32 Å². The summed E-state index contributed by atoms with van der Waals surface area (Å²) in [5, 5.41) is 3.44. The van der Waals surface area contributed by atoms with E-state index in [1.165, 1.54) is 45.2 Å². The first-order valence-corrected chi connectivity index (χ1v) is 7.06. The summed E-state index contributed by atoms with van der Waals surface area (Å²) in [6.45, 7) is 11.6. The highest BCUT2D eigenvalue weighted by Gasteiger charge is 2.14. The van der Waals surface area contributed by atoms with E-state index in [2.05, 4.69) is 45.0 Å². The third-order valence-electron chi connectivity index (χ3n) is 3.28. The Hall–Kier alpha value is -0.0800. The van der Waals surface area contributed by atoms with Crippen molar-refractivity contribution in [3.63, 3.8) is 0 Å². The van der Waals surface area contributed by atoms with Crippen molar-refractivity contribution < 1.29 is 0 Å². The van der Waals surface area contributed by atoms with Crippen molar-refractivity contribution in [1.82, 2.24) is 10.2 Å². The van der Waals surface area contributed by atoms with Gasteiger partial charge in [0.1, 0.15) is 0 Å². The summed E-state index contributed by atoms with van der Waals surface area (Å²) >= 11 is 0. The minimum atomic E-state index is 0.661. The molecule has 1 atom stereocenters. The Kier molecular flexibility index (Phi) is 10.0. The van der Waals surface area contributed by atoms with E-state index in [0.717, 1.165) is 0 Å². The molecule has 0 saturated heterocycles. The van der Waals surface area contributed by atoms with Crippen LogP contribution < -0.4 is 5.32 Å². The van der Waals surface area contributed by atoms with Crippen LogP contribution in [0.25, 0.3) is 0 Å². The van der Waals surface area contributed by atoms with E-state index in [9.17, 15) is 0 Å². The number of likely N-dealkylation sites (N-methyl/N-ethyl adjacent to an activating group) is 1. The fourth-order valence-electron chi connectivity index (χ4n) is 2.08. The van der Waals surface area contributed by atoms with Crippen molar-refractivity contribution in [2.24, 2.45) is 0 Å². The number of nitrogens with one attached hydrogen (secondary N) is 1. The molecule has 0 fully saturated rings. The molecule has 0 spiro atoms. The quantitative estimate of drug-likeness (QED) is 0.577. The Morgan fingerprint density at radius 3 is 2.19 bits per heavy atom. The van der Waals surface area contributed by atoms with Crippen LogP contribution in [-0.2, 0) is 0 Å². The largest absolute Gasteiger partial charge is 0.316 e. The van der Waals surface area contributed by atoms with Crippen molar-refractivity contribution in [3.05, 3.63) is 0 Å². The maximum Gasteiger partial charge on any atom is 0.0192 e. The molecule has 98 valence electrons. The van der Waals surface area contributed by atoms with Crippen LogP contribution in [0.2, 0.25) is 0 Å². The maximum atomic E-state index is 3.44. The summed E-state index contributed by atoms with van der Waals surface area (Å²) in [5.41, 5.74) is 0. The fourth-order valence-corrected chi connectivity index (χ4v) is 2.08. The van der Waals surface area contributed by atoms with Crippen LogP contribution in [0.3, 0.4) is 0 Å². The lowest BCUT2D eigenvalue weighted by atomic mass is 10.1. The van der Waals surface area contributed by atoms with E-state index in [1.54, 1.807) is 0 Å². The first-order valence-electron chi connectivity index (χ1n) is 7.06. The number of unbranched alkanes of at least 4 members (excludes halogenated alkanes) is 2. The highest BCUT2D eigenvalue weighted by atomic mass is 15.2. The zero-order valence-electron chi connectivity index (χ0n) is 12.1. The zero-order valence-corrected chi connectivity index (χ0v) is 12.1. The van der Waals surface area contributed by atoms with Gasteiger partial charge in [0.25, 0.3) is 0 Å². The predicted molar refractivity (Wildman–Crippen MR) is 74.0 cm³/mol. The van der Waals surface area contributed by atoms with E-state index >= 15 is 0 Å². The molecular formula is C14H32N2. The smallest absolute Gasteiger partial charge is 0.0192 e. The number of nitrogens with zero attached hydrogens (tertiary/aromatic N) is 1. The molecule has 0 rings (SSSR count). The molecule has 0 aromatic heterocycles. The molecule has 0 aliphatic carbocycles. The zero-order chi connectivity index (χ0) is 12.4. The lowest BCUT2D eigenvalue weighted by Crippen LogP contribution is -2.43. The predicted octanol–water partition coefficient (Wildman–Crippen LogP) is 3.28. The average Bonchev–Trinajstić information content (AvgIpc) is 2.26. The van der Waals surface area contributed by atoms with Crippen LogP contribution in [0.15, 0.2) is 0 Å². The highest BCUT2D eigenvalue weighted by Crippen LogP contribution is 2.07. The molecule has 1 unspecified atom stereocenters. The first kappa shape index (κ1) is 15.9. The van der Waals surface area contributed by atoms with Gasteiger partial charge in [-0.3, -0.25) is 4.90 Å².